The fourth-order valence-electron chi connectivity index (χ4n) is 2.00. The maximum atomic E-state index is 13.4. The molecule has 0 saturated heterocycles. The van der Waals surface area contributed by atoms with Gasteiger partial charge in [0.1, 0.15) is 5.82 Å². The van der Waals surface area contributed by atoms with Crippen LogP contribution in [-0.4, -0.2) is 6.04 Å². The Labute approximate surface area is 109 Å². The zero-order valence-electron chi connectivity index (χ0n) is 9.26. The van der Waals surface area contributed by atoms with E-state index in [0.717, 1.165) is 11.6 Å². The van der Waals surface area contributed by atoms with Crippen LogP contribution in [0.5, 0.6) is 0 Å². The lowest BCUT2D eigenvalue weighted by atomic mass is 10.2. The Kier molecular flexibility index (Phi) is 3.56. The third kappa shape index (κ3) is 2.59. The minimum Gasteiger partial charge on any atom is -0.397 e. The first-order valence-electron chi connectivity index (χ1n) is 5.63. The van der Waals surface area contributed by atoms with Crippen molar-refractivity contribution in [3.8, 4) is 0 Å². The van der Waals surface area contributed by atoms with Crippen molar-refractivity contribution < 1.29 is 4.39 Å². The van der Waals surface area contributed by atoms with Gasteiger partial charge in [0, 0.05) is 12.1 Å². The molecule has 1 aromatic rings. The molecule has 0 amide bonds. The van der Waals surface area contributed by atoms with Crippen molar-refractivity contribution in [1.82, 2.24) is 0 Å². The van der Waals surface area contributed by atoms with Crippen LogP contribution in [0, 0.1) is 15.3 Å². The summed E-state index contributed by atoms with van der Waals surface area (Å²) in [6.07, 6.45) is 3.63. The summed E-state index contributed by atoms with van der Waals surface area (Å²) in [5, 5.41) is 3.32. The second-order valence-electron chi connectivity index (χ2n) is 4.39. The predicted molar refractivity (Wildman–Crippen MR) is 74.0 cm³/mol. The number of nitrogen functional groups attached to an aromatic ring is 1. The van der Waals surface area contributed by atoms with E-state index in [0.29, 0.717) is 15.3 Å². The molecule has 1 aliphatic rings. The van der Waals surface area contributed by atoms with E-state index in [2.05, 4.69) is 12.2 Å². The van der Waals surface area contributed by atoms with Gasteiger partial charge in [-0.1, -0.05) is 13.3 Å². The number of hydrogen-bond donors (Lipinski definition) is 2. The molecule has 1 aromatic carbocycles. The molecule has 3 N–H and O–H groups in total. The molecule has 88 valence electrons. The number of benzene rings is 1. The first-order chi connectivity index (χ1) is 7.61. The van der Waals surface area contributed by atoms with Crippen LogP contribution in [0.1, 0.15) is 26.2 Å². The van der Waals surface area contributed by atoms with Crippen molar-refractivity contribution in [2.24, 2.45) is 5.92 Å². The monoisotopic (exact) mass is 334 g/mol. The first kappa shape index (κ1) is 12.0. The molecule has 2 rings (SSSR count). The van der Waals surface area contributed by atoms with Gasteiger partial charge in [-0.2, -0.15) is 0 Å². The van der Waals surface area contributed by atoms with Crippen molar-refractivity contribution in [3.63, 3.8) is 0 Å². The lowest BCUT2D eigenvalue weighted by molar-refractivity contribution is 0.620. The Morgan fingerprint density at radius 1 is 1.56 bits per heavy atom. The van der Waals surface area contributed by atoms with Crippen molar-refractivity contribution in [1.29, 1.82) is 0 Å². The summed E-state index contributed by atoms with van der Waals surface area (Å²) < 4.78 is 13.9. The smallest absolute Gasteiger partial charge is 0.138 e. The lowest BCUT2D eigenvalue weighted by Crippen LogP contribution is -2.07. The van der Waals surface area contributed by atoms with E-state index in [1.165, 1.54) is 25.3 Å². The van der Waals surface area contributed by atoms with Gasteiger partial charge in [-0.3, -0.25) is 0 Å². The second-order valence-corrected chi connectivity index (χ2v) is 5.55. The topological polar surface area (TPSA) is 38.0 Å². The van der Waals surface area contributed by atoms with Crippen LogP contribution in [0.15, 0.2) is 12.1 Å². The fraction of sp³-hybridized carbons (Fsp3) is 0.500. The van der Waals surface area contributed by atoms with Crippen LogP contribution in [0.4, 0.5) is 15.8 Å². The molecule has 0 heterocycles. The average molecular weight is 334 g/mol. The van der Waals surface area contributed by atoms with E-state index >= 15 is 0 Å². The average Bonchev–Trinajstić information content (AvgIpc) is 2.94. The van der Waals surface area contributed by atoms with E-state index in [9.17, 15) is 4.39 Å². The van der Waals surface area contributed by atoms with E-state index in [4.69, 9.17) is 5.73 Å². The highest BCUT2D eigenvalue weighted by Crippen LogP contribution is 2.38. The molecule has 2 unspecified atom stereocenters. The summed E-state index contributed by atoms with van der Waals surface area (Å²) >= 11 is 1.95. The third-order valence-corrected chi connectivity index (χ3v) is 3.84. The van der Waals surface area contributed by atoms with E-state index in [1.54, 1.807) is 6.07 Å². The molecule has 4 heteroatoms. The van der Waals surface area contributed by atoms with Crippen LogP contribution in [0.2, 0.25) is 0 Å². The van der Waals surface area contributed by atoms with Crippen LogP contribution < -0.4 is 11.1 Å². The molecule has 16 heavy (non-hydrogen) atoms. The molecule has 2 nitrogen and oxygen atoms in total. The standard InChI is InChI=1S/C12H16FIN2/c1-2-3-7-4-11(7)16-12-5-8(13)9(14)6-10(12)15/h5-7,11,16H,2-4,15H2,1H3. The number of hydrogen-bond acceptors (Lipinski definition) is 2. The maximum Gasteiger partial charge on any atom is 0.138 e. The van der Waals surface area contributed by atoms with Crippen LogP contribution in [-0.2, 0) is 0 Å². The highest BCUT2D eigenvalue weighted by molar-refractivity contribution is 14.1. The van der Waals surface area contributed by atoms with Gasteiger partial charge in [-0.25, -0.2) is 4.39 Å². The minimum atomic E-state index is -0.204. The number of halogens is 2. The summed E-state index contributed by atoms with van der Waals surface area (Å²) in [5.74, 6) is 0.539. The van der Waals surface area contributed by atoms with Crippen molar-refractivity contribution in [2.45, 2.75) is 32.2 Å². The van der Waals surface area contributed by atoms with Crippen LogP contribution in [0.3, 0.4) is 0 Å². The highest BCUT2D eigenvalue weighted by atomic mass is 127. The van der Waals surface area contributed by atoms with E-state index < -0.39 is 0 Å². The number of anilines is 2. The van der Waals surface area contributed by atoms with Gasteiger partial charge in [0.25, 0.3) is 0 Å². The molecular weight excluding hydrogens is 318 g/mol. The molecule has 0 spiro atoms. The largest absolute Gasteiger partial charge is 0.397 e. The molecule has 0 bridgehead atoms. The molecular formula is C12H16FIN2. The van der Waals surface area contributed by atoms with Crippen molar-refractivity contribution in [3.05, 3.63) is 21.5 Å². The normalized spacial score (nSPS) is 23.2. The van der Waals surface area contributed by atoms with Gasteiger partial charge in [-0.15, -0.1) is 0 Å². The van der Waals surface area contributed by atoms with Crippen molar-refractivity contribution >= 4 is 34.0 Å². The van der Waals surface area contributed by atoms with E-state index in [1.807, 2.05) is 22.6 Å². The summed E-state index contributed by atoms with van der Waals surface area (Å²) in [6, 6.07) is 3.66. The Bertz CT molecular complexity index is 395. The van der Waals surface area contributed by atoms with Gasteiger partial charge >= 0.3 is 0 Å². The molecule has 1 aliphatic carbocycles. The van der Waals surface area contributed by atoms with Crippen molar-refractivity contribution in [2.75, 3.05) is 11.1 Å². The molecule has 0 aliphatic heterocycles. The summed E-state index contributed by atoms with van der Waals surface area (Å²) in [6.45, 7) is 2.19. The zero-order valence-corrected chi connectivity index (χ0v) is 11.4. The number of nitrogens with two attached hydrogens (primary N) is 1. The summed E-state index contributed by atoms with van der Waals surface area (Å²) in [4.78, 5) is 0. The number of rotatable bonds is 4. The van der Waals surface area contributed by atoms with Gasteiger partial charge in [0.2, 0.25) is 0 Å². The Morgan fingerprint density at radius 3 is 3.00 bits per heavy atom. The van der Waals surface area contributed by atoms with Gasteiger partial charge in [0.05, 0.1) is 14.9 Å². The van der Waals surface area contributed by atoms with Gasteiger partial charge in [-0.05, 0) is 47.4 Å². The Morgan fingerprint density at radius 2 is 2.31 bits per heavy atom. The van der Waals surface area contributed by atoms with Gasteiger partial charge in [0.15, 0.2) is 0 Å². The van der Waals surface area contributed by atoms with Crippen LogP contribution in [0.25, 0.3) is 0 Å². The zero-order chi connectivity index (χ0) is 11.7. The highest BCUT2D eigenvalue weighted by Gasteiger charge is 2.36. The SMILES string of the molecule is CCCC1CC1Nc1cc(F)c(I)cc1N. The molecule has 0 radical (unpaired) electrons. The third-order valence-electron chi connectivity index (χ3n) is 3.02. The first-order valence-corrected chi connectivity index (χ1v) is 6.70. The fourth-order valence-corrected chi connectivity index (χ4v) is 2.49. The molecule has 1 saturated carbocycles. The Balaban J connectivity index is 2.03. The predicted octanol–water partition coefficient (Wildman–Crippen LogP) is 3.61. The van der Waals surface area contributed by atoms with E-state index in [-0.39, 0.29) is 5.82 Å². The minimum absolute atomic E-state index is 0.204. The van der Waals surface area contributed by atoms with Crippen LogP contribution >= 0.6 is 22.6 Å². The quantitative estimate of drug-likeness (QED) is 0.652. The number of nitrogens with one attached hydrogen (secondary N) is 1. The summed E-state index contributed by atoms with van der Waals surface area (Å²) in [5.41, 5.74) is 7.22. The maximum absolute atomic E-state index is 13.4. The summed E-state index contributed by atoms with van der Waals surface area (Å²) in [7, 11) is 0. The molecule has 0 aromatic heterocycles. The molecule has 2 atom stereocenters. The lowest BCUT2D eigenvalue weighted by Gasteiger charge is -2.10. The Hall–Kier alpha value is -0.520. The molecule has 1 fully saturated rings. The van der Waals surface area contributed by atoms with Gasteiger partial charge < -0.3 is 11.1 Å². The second kappa shape index (κ2) is 4.77.